The van der Waals surface area contributed by atoms with E-state index in [1.165, 1.54) is 12.1 Å². The molecule has 6 heteroatoms. The molecular formula is C18H16F3N3. The first-order valence-electron chi connectivity index (χ1n) is 7.62. The van der Waals surface area contributed by atoms with Crippen molar-refractivity contribution in [3.05, 3.63) is 59.7 Å². The molecule has 0 saturated carbocycles. The predicted octanol–water partition coefficient (Wildman–Crippen LogP) is 3.88. The molecule has 0 aliphatic carbocycles. The molecule has 0 radical (unpaired) electrons. The van der Waals surface area contributed by atoms with Gasteiger partial charge in [-0.15, -0.1) is 0 Å². The second-order valence-electron chi connectivity index (χ2n) is 5.72. The van der Waals surface area contributed by atoms with E-state index < -0.39 is 11.7 Å². The molecule has 1 aliphatic rings. The van der Waals surface area contributed by atoms with Crippen LogP contribution < -0.4 is 10.2 Å². The van der Waals surface area contributed by atoms with Crippen molar-refractivity contribution < 1.29 is 13.2 Å². The quantitative estimate of drug-likeness (QED) is 0.868. The van der Waals surface area contributed by atoms with Crippen molar-refractivity contribution in [3.63, 3.8) is 0 Å². The summed E-state index contributed by atoms with van der Waals surface area (Å²) < 4.78 is 38.2. The Bertz CT molecular complexity index is 747. The predicted molar refractivity (Wildman–Crippen MR) is 86.0 cm³/mol. The van der Waals surface area contributed by atoms with Gasteiger partial charge in [-0.25, -0.2) is 0 Å². The molecule has 3 nitrogen and oxygen atoms in total. The number of benzene rings is 2. The number of fused-ring (bicyclic) bond motifs is 1. The fraction of sp³-hybridized carbons (Fsp3) is 0.278. The second-order valence-corrected chi connectivity index (χ2v) is 5.72. The van der Waals surface area contributed by atoms with Crippen LogP contribution in [0.15, 0.2) is 48.5 Å². The molecule has 24 heavy (non-hydrogen) atoms. The van der Waals surface area contributed by atoms with E-state index in [9.17, 15) is 13.2 Å². The van der Waals surface area contributed by atoms with Crippen LogP contribution in [0.3, 0.4) is 0 Å². The fourth-order valence-corrected chi connectivity index (χ4v) is 3.00. The van der Waals surface area contributed by atoms with E-state index in [2.05, 4.69) is 11.4 Å². The molecule has 124 valence electrons. The topological polar surface area (TPSA) is 39.1 Å². The van der Waals surface area contributed by atoms with Crippen LogP contribution in [0.4, 0.5) is 24.5 Å². The molecular weight excluding hydrogens is 315 g/mol. The highest BCUT2D eigenvalue weighted by molar-refractivity contribution is 5.68. The molecule has 1 aliphatic heterocycles. The van der Waals surface area contributed by atoms with E-state index >= 15 is 0 Å². The highest BCUT2D eigenvalue weighted by atomic mass is 19.4. The maximum atomic E-state index is 12.7. The van der Waals surface area contributed by atoms with Gasteiger partial charge in [0.15, 0.2) is 0 Å². The number of nitrogens with one attached hydrogen (secondary N) is 1. The molecule has 1 unspecified atom stereocenters. The highest BCUT2D eigenvalue weighted by Crippen LogP contribution is 2.35. The van der Waals surface area contributed by atoms with Crippen LogP contribution in [-0.4, -0.2) is 19.1 Å². The third kappa shape index (κ3) is 3.36. The van der Waals surface area contributed by atoms with Gasteiger partial charge in [-0.2, -0.15) is 18.4 Å². The molecule has 0 fully saturated rings. The van der Waals surface area contributed by atoms with E-state index in [0.29, 0.717) is 12.2 Å². The second kappa shape index (κ2) is 6.54. The Hall–Kier alpha value is -2.52. The van der Waals surface area contributed by atoms with Gasteiger partial charge >= 0.3 is 6.18 Å². The van der Waals surface area contributed by atoms with Crippen LogP contribution in [0.5, 0.6) is 0 Å². The summed E-state index contributed by atoms with van der Waals surface area (Å²) in [5.41, 5.74) is 2.15. The maximum Gasteiger partial charge on any atom is 0.416 e. The first-order valence-corrected chi connectivity index (χ1v) is 7.62. The number of nitriles is 1. The van der Waals surface area contributed by atoms with Gasteiger partial charge in [0.2, 0.25) is 0 Å². The van der Waals surface area contributed by atoms with Gasteiger partial charge in [0, 0.05) is 24.0 Å². The van der Waals surface area contributed by atoms with Crippen molar-refractivity contribution in [1.82, 2.24) is 5.32 Å². The van der Waals surface area contributed by atoms with Gasteiger partial charge in [0.1, 0.15) is 0 Å². The highest BCUT2D eigenvalue weighted by Gasteiger charge is 2.31. The van der Waals surface area contributed by atoms with Gasteiger partial charge < -0.3 is 4.90 Å². The molecule has 0 bridgehead atoms. The van der Waals surface area contributed by atoms with Crippen molar-refractivity contribution in [3.8, 4) is 6.07 Å². The summed E-state index contributed by atoms with van der Waals surface area (Å²) in [6, 6.07) is 15.2. The lowest BCUT2D eigenvalue weighted by Gasteiger charge is -2.36. The third-order valence-corrected chi connectivity index (χ3v) is 4.13. The summed E-state index contributed by atoms with van der Waals surface area (Å²) in [5.74, 6) is 0. The number of hydrogen-bond acceptors (Lipinski definition) is 3. The number of para-hydroxylation sites is 1. The maximum absolute atomic E-state index is 12.7. The van der Waals surface area contributed by atoms with Gasteiger partial charge in [0.25, 0.3) is 0 Å². The molecule has 0 amide bonds. The lowest BCUT2D eigenvalue weighted by atomic mass is 9.97. The zero-order valence-electron chi connectivity index (χ0n) is 12.8. The van der Waals surface area contributed by atoms with Crippen LogP contribution >= 0.6 is 0 Å². The Kier molecular flexibility index (Phi) is 4.45. The lowest BCUT2D eigenvalue weighted by Crippen LogP contribution is -2.44. The molecule has 0 saturated heterocycles. The van der Waals surface area contributed by atoms with Crippen molar-refractivity contribution >= 4 is 11.4 Å². The van der Waals surface area contributed by atoms with Crippen LogP contribution in [0.25, 0.3) is 0 Å². The summed E-state index contributed by atoms with van der Waals surface area (Å²) in [5, 5.41) is 11.9. The average Bonchev–Trinajstić information content (AvgIpc) is 2.58. The number of rotatable bonds is 3. The van der Waals surface area contributed by atoms with Gasteiger partial charge in [-0.05, 0) is 42.3 Å². The largest absolute Gasteiger partial charge is 0.416 e. The van der Waals surface area contributed by atoms with Crippen LogP contribution in [0, 0.1) is 11.3 Å². The van der Waals surface area contributed by atoms with Crippen molar-refractivity contribution in [2.45, 2.75) is 18.6 Å². The molecule has 1 N–H and O–H groups in total. The Labute approximate surface area is 138 Å². The fourth-order valence-electron chi connectivity index (χ4n) is 3.00. The average molecular weight is 331 g/mol. The van der Waals surface area contributed by atoms with Crippen LogP contribution in [0.1, 0.15) is 11.1 Å². The van der Waals surface area contributed by atoms with Crippen molar-refractivity contribution in [2.75, 3.05) is 18.0 Å². The van der Waals surface area contributed by atoms with E-state index in [1.54, 1.807) is 0 Å². The minimum Gasteiger partial charge on any atom is -0.340 e. The number of halogens is 3. The summed E-state index contributed by atoms with van der Waals surface area (Å²) in [6.07, 6.45) is -3.55. The summed E-state index contributed by atoms with van der Waals surface area (Å²) >= 11 is 0. The SMILES string of the molecule is N#CCNC1Cc2ccccc2N(c2ccc(C(F)(F)F)cc2)C1. The van der Waals surface area contributed by atoms with Gasteiger partial charge in [-0.3, -0.25) is 5.32 Å². The minimum absolute atomic E-state index is 0.0712. The number of nitrogens with zero attached hydrogens (tertiary/aromatic N) is 2. The summed E-state index contributed by atoms with van der Waals surface area (Å²) in [6.45, 7) is 0.845. The third-order valence-electron chi connectivity index (χ3n) is 4.13. The normalized spacial score (nSPS) is 17.2. The standard InChI is InChI=1S/C18H16F3N3/c19-18(20,21)14-5-7-16(8-6-14)24-12-15(23-10-9-22)11-13-3-1-2-4-17(13)24/h1-8,15,23H,10-12H2. The van der Waals surface area contributed by atoms with Crippen LogP contribution in [0.2, 0.25) is 0 Å². The lowest BCUT2D eigenvalue weighted by molar-refractivity contribution is -0.137. The molecule has 0 spiro atoms. The first-order chi connectivity index (χ1) is 11.5. The molecule has 2 aromatic carbocycles. The molecule has 1 heterocycles. The monoisotopic (exact) mass is 331 g/mol. The Morgan fingerprint density at radius 3 is 2.50 bits per heavy atom. The van der Waals surface area contributed by atoms with Gasteiger partial charge in [-0.1, -0.05) is 18.2 Å². The number of anilines is 2. The Balaban J connectivity index is 1.92. The first kappa shape index (κ1) is 16.3. The molecule has 1 atom stereocenters. The molecule has 3 rings (SSSR count). The molecule has 0 aromatic heterocycles. The minimum atomic E-state index is -4.34. The summed E-state index contributed by atoms with van der Waals surface area (Å²) in [7, 11) is 0. The Morgan fingerprint density at radius 2 is 1.83 bits per heavy atom. The number of hydrogen-bond donors (Lipinski definition) is 1. The zero-order chi connectivity index (χ0) is 17.2. The van der Waals surface area contributed by atoms with E-state index in [4.69, 9.17) is 5.26 Å². The van der Waals surface area contributed by atoms with E-state index in [1.807, 2.05) is 29.2 Å². The Morgan fingerprint density at radius 1 is 1.12 bits per heavy atom. The van der Waals surface area contributed by atoms with Gasteiger partial charge in [0.05, 0.1) is 18.2 Å². The van der Waals surface area contributed by atoms with E-state index in [-0.39, 0.29) is 12.6 Å². The van der Waals surface area contributed by atoms with Crippen LogP contribution in [-0.2, 0) is 12.6 Å². The summed E-state index contributed by atoms with van der Waals surface area (Å²) in [4.78, 5) is 1.99. The molecule has 2 aromatic rings. The number of alkyl halides is 3. The zero-order valence-corrected chi connectivity index (χ0v) is 12.8. The van der Waals surface area contributed by atoms with Crippen molar-refractivity contribution in [1.29, 1.82) is 5.26 Å². The smallest absolute Gasteiger partial charge is 0.340 e. The van der Waals surface area contributed by atoms with E-state index in [0.717, 1.165) is 29.8 Å². The van der Waals surface area contributed by atoms with Crippen molar-refractivity contribution in [2.24, 2.45) is 0 Å².